The molecule has 1 aromatic carbocycles. The number of hydrogen-bond donors (Lipinski definition) is 0. The lowest BCUT2D eigenvalue weighted by molar-refractivity contribution is 0.495. The Kier molecular flexibility index (Phi) is 4.52. The molecule has 0 amide bonds. The van der Waals surface area contributed by atoms with E-state index in [0.717, 1.165) is 38.8 Å². The van der Waals surface area contributed by atoms with E-state index in [1.165, 1.54) is 18.3 Å². The number of hydrogen-bond acceptors (Lipinski definition) is 4. The highest BCUT2D eigenvalue weighted by atomic mass is 127. The maximum Gasteiger partial charge on any atom is 0.362 e. The first kappa shape index (κ1) is 17.5. The molecule has 0 saturated carbocycles. The van der Waals surface area contributed by atoms with Crippen molar-refractivity contribution in [3.05, 3.63) is 68.4 Å². The predicted molar refractivity (Wildman–Crippen MR) is 109 cm³/mol. The van der Waals surface area contributed by atoms with Crippen LogP contribution in [0.15, 0.2) is 62.8 Å². The van der Waals surface area contributed by atoms with Crippen molar-refractivity contribution in [2.24, 2.45) is 0 Å². The Morgan fingerprint density at radius 3 is 2.54 bits per heavy atom. The fraction of sp³-hybridized carbons (Fsp3) is 0.211. The monoisotopic (exact) mass is 481 g/mol. The molecule has 0 saturated heterocycles. The van der Waals surface area contributed by atoms with Gasteiger partial charge >= 0.3 is 5.63 Å². The van der Waals surface area contributed by atoms with Gasteiger partial charge in [0.05, 0.1) is 8.47 Å². The van der Waals surface area contributed by atoms with Gasteiger partial charge in [-0.3, -0.25) is 0 Å². The van der Waals surface area contributed by atoms with Gasteiger partial charge in [0.15, 0.2) is 5.52 Å². The Balaban J connectivity index is 1.94. The Labute approximate surface area is 164 Å². The van der Waals surface area contributed by atoms with Crippen LogP contribution in [0.25, 0.3) is 16.5 Å². The lowest BCUT2D eigenvalue weighted by Crippen LogP contribution is -2.17. The molecule has 5 nitrogen and oxygen atoms in total. The van der Waals surface area contributed by atoms with Crippen LogP contribution >= 0.6 is 22.6 Å². The molecule has 0 fully saturated rings. The summed E-state index contributed by atoms with van der Waals surface area (Å²) in [6.07, 6.45) is 7.56. The molecule has 134 valence electrons. The number of allylic oxidation sites excluding steroid dienone is 2. The number of fused-ring (bicyclic) bond motifs is 1. The number of benzene rings is 1. The van der Waals surface area contributed by atoms with Crippen molar-refractivity contribution < 1.29 is 12.8 Å². The summed E-state index contributed by atoms with van der Waals surface area (Å²) in [5, 5.41) is 0.600. The molecule has 0 bridgehead atoms. The summed E-state index contributed by atoms with van der Waals surface area (Å²) in [5.74, 6) is 0.567. The van der Waals surface area contributed by atoms with Gasteiger partial charge < -0.3 is 4.42 Å². The molecule has 3 aromatic rings. The lowest BCUT2D eigenvalue weighted by Gasteiger charge is -2.13. The minimum Gasteiger partial charge on any atom is -0.420 e. The molecule has 26 heavy (non-hydrogen) atoms. The van der Waals surface area contributed by atoms with E-state index in [0.29, 0.717) is 11.1 Å². The third-order valence-corrected chi connectivity index (χ3v) is 7.32. The number of nitrogens with zero attached hydrogens (tertiary/aromatic N) is 1. The van der Waals surface area contributed by atoms with E-state index in [-0.39, 0.29) is 10.4 Å². The zero-order valence-electron chi connectivity index (χ0n) is 13.8. The molecule has 4 rings (SSSR count). The zero-order chi connectivity index (χ0) is 18.3. The van der Waals surface area contributed by atoms with Gasteiger partial charge in [-0.25, -0.2) is 17.2 Å². The molecule has 2 aromatic heterocycles. The molecule has 7 heteroatoms. The SMILES string of the molecule is O=c1oc(C2=CCCCC2)c(I)c2ccn(S(=O)(=O)c3ccccc3)c12. The van der Waals surface area contributed by atoms with Crippen LogP contribution in [0.5, 0.6) is 0 Å². The normalized spacial score (nSPS) is 15.2. The first-order valence-electron chi connectivity index (χ1n) is 8.34. The Morgan fingerprint density at radius 1 is 1.08 bits per heavy atom. The van der Waals surface area contributed by atoms with E-state index in [1.54, 1.807) is 24.3 Å². The molecule has 0 atom stereocenters. The fourth-order valence-electron chi connectivity index (χ4n) is 3.26. The van der Waals surface area contributed by atoms with Crippen LogP contribution in [0.3, 0.4) is 0 Å². The minimum absolute atomic E-state index is 0.0541. The molecular weight excluding hydrogens is 465 g/mol. The second kappa shape index (κ2) is 6.70. The van der Waals surface area contributed by atoms with Gasteiger partial charge in [0.25, 0.3) is 10.0 Å². The largest absolute Gasteiger partial charge is 0.420 e. The summed E-state index contributed by atoms with van der Waals surface area (Å²) < 4.78 is 33.2. The highest BCUT2D eigenvalue weighted by Crippen LogP contribution is 2.33. The van der Waals surface area contributed by atoms with Crippen molar-refractivity contribution in [1.29, 1.82) is 0 Å². The van der Waals surface area contributed by atoms with Crippen molar-refractivity contribution in [3.63, 3.8) is 0 Å². The number of aromatic nitrogens is 1. The van der Waals surface area contributed by atoms with Crippen LogP contribution in [-0.2, 0) is 10.0 Å². The van der Waals surface area contributed by atoms with E-state index in [4.69, 9.17) is 4.42 Å². The van der Waals surface area contributed by atoms with Crippen molar-refractivity contribution in [3.8, 4) is 0 Å². The molecule has 1 aliphatic rings. The Bertz CT molecular complexity index is 1170. The third-order valence-electron chi connectivity index (χ3n) is 4.56. The summed E-state index contributed by atoms with van der Waals surface area (Å²) >= 11 is 2.13. The molecule has 2 heterocycles. The third kappa shape index (κ3) is 2.83. The van der Waals surface area contributed by atoms with Gasteiger partial charge in [-0.05, 0) is 72.0 Å². The van der Waals surface area contributed by atoms with E-state index < -0.39 is 15.6 Å². The van der Waals surface area contributed by atoms with Gasteiger partial charge in [0, 0.05) is 11.6 Å². The van der Waals surface area contributed by atoms with Crippen molar-refractivity contribution in [2.45, 2.75) is 30.6 Å². The van der Waals surface area contributed by atoms with Gasteiger partial charge in [-0.15, -0.1) is 0 Å². The van der Waals surface area contributed by atoms with E-state index in [1.807, 2.05) is 0 Å². The standard InChI is InChI=1S/C19H16INO4S/c20-16-15-11-12-21(26(23,24)14-9-5-2-6-10-14)17(15)19(22)25-18(16)13-7-3-1-4-8-13/h2,5-7,9-12H,1,3-4,8H2. The number of rotatable bonds is 3. The average molecular weight is 481 g/mol. The topological polar surface area (TPSA) is 69.3 Å². The van der Waals surface area contributed by atoms with Gasteiger partial charge in [-0.2, -0.15) is 0 Å². The second-order valence-corrected chi connectivity index (χ2v) is 9.09. The summed E-state index contributed by atoms with van der Waals surface area (Å²) in [6, 6.07) is 9.73. The second-order valence-electron chi connectivity index (χ2n) is 6.20. The quantitative estimate of drug-likeness (QED) is 0.521. The maximum atomic E-state index is 12.9. The zero-order valence-corrected chi connectivity index (χ0v) is 16.8. The molecule has 0 radical (unpaired) electrons. The molecule has 0 N–H and O–H groups in total. The van der Waals surface area contributed by atoms with E-state index >= 15 is 0 Å². The van der Waals surface area contributed by atoms with Crippen LogP contribution in [0.1, 0.15) is 31.4 Å². The first-order valence-corrected chi connectivity index (χ1v) is 10.9. The summed E-state index contributed by atoms with van der Waals surface area (Å²) in [7, 11) is -3.86. The van der Waals surface area contributed by atoms with Crippen molar-refractivity contribution >= 4 is 49.1 Å². The van der Waals surface area contributed by atoms with Gasteiger partial charge in [0.1, 0.15) is 5.76 Å². The number of halogens is 1. The van der Waals surface area contributed by atoms with Crippen LogP contribution in [-0.4, -0.2) is 12.4 Å². The summed E-state index contributed by atoms with van der Waals surface area (Å²) in [5.41, 5.74) is 0.447. The molecule has 1 aliphatic carbocycles. The first-order chi connectivity index (χ1) is 12.5. The summed E-state index contributed by atoms with van der Waals surface area (Å²) in [4.78, 5) is 12.8. The Morgan fingerprint density at radius 2 is 1.85 bits per heavy atom. The fourth-order valence-corrected chi connectivity index (χ4v) is 5.51. The lowest BCUT2D eigenvalue weighted by atomic mass is 9.97. The Hall–Kier alpha value is -1.87. The summed E-state index contributed by atoms with van der Waals surface area (Å²) in [6.45, 7) is 0. The van der Waals surface area contributed by atoms with Crippen LogP contribution in [0.2, 0.25) is 0 Å². The van der Waals surface area contributed by atoms with Crippen molar-refractivity contribution in [1.82, 2.24) is 3.97 Å². The maximum absolute atomic E-state index is 12.9. The van der Waals surface area contributed by atoms with Crippen LogP contribution in [0, 0.1) is 3.57 Å². The average Bonchev–Trinajstić information content (AvgIpc) is 3.13. The highest BCUT2D eigenvalue weighted by Gasteiger charge is 2.24. The highest BCUT2D eigenvalue weighted by molar-refractivity contribution is 14.1. The molecular formula is C19H16INO4S. The minimum atomic E-state index is -3.86. The molecule has 0 spiro atoms. The van der Waals surface area contributed by atoms with E-state index in [2.05, 4.69) is 28.7 Å². The van der Waals surface area contributed by atoms with Gasteiger partial charge in [-0.1, -0.05) is 24.3 Å². The van der Waals surface area contributed by atoms with Gasteiger partial charge in [0.2, 0.25) is 0 Å². The smallest absolute Gasteiger partial charge is 0.362 e. The van der Waals surface area contributed by atoms with E-state index in [9.17, 15) is 13.2 Å². The van der Waals surface area contributed by atoms with Crippen LogP contribution in [0.4, 0.5) is 0 Å². The van der Waals surface area contributed by atoms with Crippen LogP contribution < -0.4 is 5.63 Å². The predicted octanol–water partition coefficient (Wildman–Crippen LogP) is 4.39. The molecule has 0 unspecified atom stereocenters. The van der Waals surface area contributed by atoms with Crippen molar-refractivity contribution in [2.75, 3.05) is 0 Å². The molecule has 0 aliphatic heterocycles.